The van der Waals surface area contributed by atoms with Crippen molar-refractivity contribution in [2.75, 3.05) is 13.2 Å². The van der Waals surface area contributed by atoms with Gasteiger partial charge in [0, 0.05) is 19.7 Å². The Morgan fingerprint density at radius 2 is 2.06 bits per heavy atom. The van der Waals surface area contributed by atoms with Crippen LogP contribution in [-0.2, 0) is 6.54 Å². The summed E-state index contributed by atoms with van der Waals surface area (Å²) in [6.45, 7) is 8.14. The van der Waals surface area contributed by atoms with E-state index in [-0.39, 0.29) is 17.8 Å². The number of hydrogen-bond acceptors (Lipinski definition) is 2. The van der Waals surface area contributed by atoms with Crippen molar-refractivity contribution in [3.05, 3.63) is 35.1 Å². The summed E-state index contributed by atoms with van der Waals surface area (Å²) in [4.78, 5) is 0. The molecule has 2 nitrogen and oxygen atoms in total. The fraction of sp³-hybridized carbons (Fsp3) is 0.600. The normalized spacial score (nSPS) is 11.8. The van der Waals surface area contributed by atoms with Crippen molar-refractivity contribution in [1.82, 2.24) is 5.32 Å². The molecule has 0 aliphatic heterocycles. The molecular weight excluding hydrogens is 229 g/mol. The lowest BCUT2D eigenvalue weighted by molar-refractivity contribution is 0.236. The van der Waals surface area contributed by atoms with Crippen LogP contribution < -0.4 is 5.32 Å². The second-order valence-electron chi connectivity index (χ2n) is 5.67. The van der Waals surface area contributed by atoms with Crippen molar-refractivity contribution >= 4 is 0 Å². The number of aryl methyl sites for hydroxylation is 1. The quantitative estimate of drug-likeness (QED) is 0.783. The summed E-state index contributed by atoms with van der Waals surface area (Å²) in [5.41, 5.74) is 2.27. The maximum atomic E-state index is 13.1. The van der Waals surface area contributed by atoms with Gasteiger partial charge in [-0.15, -0.1) is 0 Å². The molecule has 18 heavy (non-hydrogen) atoms. The molecule has 0 heterocycles. The lowest BCUT2D eigenvalue weighted by Crippen LogP contribution is -2.29. The van der Waals surface area contributed by atoms with Crippen molar-refractivity contribution in [2.24, 2.45) is 5.41 Å². The first kappa shape index (κ1) is 15.1. The number of benzene rings is 1. The first-order chi connectivity index (χ1) is 8.44. The predicted molar refractivity (Wildman–Crippen MR) is 72.9 cm³/mol. The van der Waals surface area contributed by atoms with Crippen molar-refractivity contribution < 1.29 is 9.50 Å². The molecular formula is C15H24FNO. The lowest BCUT2D eigenvalue weighted by Gasteiger charge is -2.25. The minimum Gasteiger partial charge on any atom is -0.396 e. The minimum atomic E-state index is -0.183. The minimum absolute atomic E-state index is 0.157. The second-order valence-corrected chi connectivity index (χ2v) is 5.67. The molecule has 0 saturated carbocycles. The van der Waals surface area contributed by atoms with Crippen LogP contribution in [0.3, 0.4) is 0 Å². The van der Waals surface area contributed by atoms with Crippen LogP contribution in [0.1, 0.15) is 37.8 Å². The SMILES string of the molecule is Cc1ccc(F)cc1CNCC(C)(C)CCCO. The van der Waals surface area contributed by atoms with Gasteiger partial charge < -0.3 is 10.4 Å². The van der Waals surface area contributed by atoms with Crippen molar-refractivity contribution in [2.45, 2.75) is 40.2 Å². The monoisotopic (exact) mass is 253 g/mol. The third kappa shape index (κ3) is 5.15. The highest BCUT2D eigenvalue weighted by Gasteiger charge is 2.16. The molecule has 0 amide bonds. The highest BCUT2D eigenvalue weighted by molar-refractivity contribution is 5.26. The van der Waals surface area contributed by atoms with E-state index in [1.165, 1.54) is 6.07 Å². The number of aliphatic hydroxyl groups excluding tert-OH is 1. The first-order valence-corrected chi connectivity index (χ1v) is 6.51. The number of nitrogens with one attached hydrogen (secondary N) is 1. The number of hydrogen-bond donors (Lipinski definition) is 2. The molecule has 0 aromatic heterocycles. The Morgan fingerprint density at radius 1 is 1.33 bits per heavy atom. The van der Waals surface area contributed by atoms with E-state index < -0.39 is 0 Å². The number of halogens is 1. The summed E-state index contributed by atoms with van der Waals surface area (Å²) in [7, 11) is 0. The Morgan fingerprint density at radius 3 is 2.72 bits per heavy atom. The molecule has 0 aliphatic carbocycles. The molecule has 0 bridgehead atoms. The van der Waals surface area contributed by atoms with Gasteiger partial charge in [-0.3, -0.25) is 0 Å². The van der Waals surface area contributed by atoms with Crippen molar-refractivity contribution in [3.63, 3.8) is 0 Å². The van der Waals surface area contributed by atoms with E-state index in [0.29, 0.717) is 6.54 Å². The largest absolute Gasteiger partial charge is 0.396 e. The van der Waals surface area contributed by atoms with E-state index >= 15 is 0 Å². The topological polar surface area (TPSA) is 32.3 Å². The highest BCUT2D eigenvalue weighted by atomic mass is 19.1. The van der Waals surface area contributed by atoms with Crippen LogP contribution in [-0.4, -0.2) is 18.3 Å². The summed E-state index contributed by atoms with van der Waals surface area (Å²) in [6.07, 6.45) is 1.81. The van der Waals surface area contributed by atoms with Crippen LogP contribution in [0.5, 0.6) is 0 Å². The maximum Gasteiger partial charge on any atom is 0.123 e. The van der Waals surface area contributed by atoms with Gasteiger partial charge in [0.1, 0.15) is 5.82 Å². The molecule has 102 valence electrons. The van der Waals surface area contributed by atoms with Gasteiger partial charge >= 0.3 is 0 Å². The molecule has 1 rings (SSSR count). The fourth-order valence-corrected chi connectivity index (χ4v) is 2.01. The van der Waals surface area contributed by atoms with Gasteiger partial charge in [-0.2, -0.15) is 0 Å². The predicted octanol–water partition coefficient (Wildman–Crippen LogP) is 3.02. The summed E-state index contributed by atoms with van der Waals surface area (Å²) in [5.74, 6) is -0.183. The molecule has 1 aromatic rings. The summed E-state index contributed by atoms with van der Waals surface area (Å²) < 4.78 is 13.1. The Balaban J connectivity index is 2.43. The average Bonchev–Trinajstić information content (AvgIpc) is 2.31. The van der Waals surface area contributed by atoms with Gasteiger partial charge in [-0.05, 0) is 48.4 Å². The Hall–Kier alpha value is -0.930. The van der Waals surface area contributed by atoms with Gasteiger partial charge in [0.2, 0.25) is 0 Å². The van der Waals surface area contributed by atoms with Gasteiger partial charge in [-0.1, -0.05) is 19.9 Å². The van der Waals surface area contributed by atoms with Gasteiger partial charge in [0.25, 0.3) is 0 Å². The standard InChI is InChI=1S/C15H24FNO/c1-12-5-6-14(16)9-13(12)10-17-11-15(2,3)7-4-8-18/h5-6,9,17-18H,4,7-8,10-11H2,1-3H3. The Bertz CT molecular complexity index is 377. The number of rotatable bonds is 7. The van der Waals surface area contributed by atoms with E-state index in [9.17, 15) is 4.39 Å². The Kier molecular flexibility index (Phi) is 5.76. The molecule has 0 fully saturated rings. The number of aliphatic hydroxyl groups is 1. The van der Waals surface area contributed by atoms with Gasteiger partial charge in [-0.25, -0.2) is 4.39 Å². The smallest absolute Gasteiger partial charge is 0.123 e. The third-order valence-corrected chi connectivity index (χ3v) is 3.24. The zero-order valence-electron chi connectivity index (χ0n) is 11.6. The van der Waals surface area contributed by atoms with Crippen molar-refractivity contribution in [1.29, 1.82) is 0 Å². The molecule has 0 radical (unpaired) electrons. The second kappa shape index (κ2) is 6.86. The third-order valence-electron chi connectivity index (χ3n) is 3.24. The van der Waals surface area contributed by atoms with Crippen LogP contribution in [0, 0.1) is 18.2 Å². The van der Waals surface area contributed by atoms with E-state index in [4.69, 9.17) is 5.11 Å². The van der Waals surface area contributed by atoms with E-state index in [2.05, 4.69) is 19.2 Å². The zero-order chi connectivity index (χ0) is 13.6. The molecule has 2 N–H and O–H groups in total. The molecule has 1 aromatic carbocycles. The molecule has 0 unspecified atom stereocenters. The zero-order valence-corrected chi connectivity index (χ0v) is 11.6. The van der Waals surface area contributed by atoms with E-state index in [1.54, 1.807) is 6.07 Å². The van der Waals surface area contributed by atoms with Crippen LogP contribution in [0.25, 0.3) is 0 Å². The Labute approximate surface area is 109 Å². The molecule has 0 atom stereocenters. The summed E-state index contributed by atoms with van der Waals surface area (Å²) in [6, 6.07) is 4.89. The van der Waals surface area contributed by atoms with Crippen molar-refractivity contribution in [3.8, 4) is 0 Å². The first-order valence-electron chi connectivity index (χ1n) is 6.51. The molecule has 0 aliphatic rings. The molecule has 3 heteroatoms. The summed E-state index contributed by atoms with van der Waals surface area (Å²) >= 11 is 0. The highest BCUT2D eigenvalue weighted by Crippen LogP contribution is 2.21. The average molecular weight is 253 g/mol. The lowest BCUT2D eigenvalue weighted by atomic mass is 9.88. The molecule has 0 saturated heterocycles. The maximum absolute atomic E-state index is 13.1. The molecule has 0 spiro atoms. The van der Waals surface area contributed by atoms with E-state index in [1.807, 2.05) is 13.0 Å². The van der Waals surface area contributed by atoms with Gasteiger partial charge in [0.15, 0.2) is 0 Å². The summed E-state index contributed by atoms with van der Waals surface area (Å²) in [5, 5.41) is 12.2. The van der Waals surface area contributed by atoms with E-state index in [0.717, 1.165) is 30.5 Å². The van der Waals surface area contributed by atoms with Crippen LogP contribution in [0.2, 0.25) is 0 Å². The van der Waals surface area contributed by atoms with Crippen LogP contribution in [0.4, 0.5) is 4.39 Å². The van der Waals surface area contributed by atoms with Crippen LogP contribution in [0.15, 0.2) is 18.2 Å². The van der Waals surface area contributed by atoms with Crippen LogP contribution >= 0.6 is 0 Å². The van der Waals surface area contributed by atoms with Gasteiger partial charge in [0.05, 0.1) is 0 Å². The fourth-order valence-electron chi connectivity index (χ4n) is 2.01.